The number of anilines is 3. The highest BCUT2D eigenvalue weighted by molar-refractivity contribution is 5.56. The number of pyridine rings is 1. The van der Waals surface area contributed by atoms with Crippen molar-refractivity contribution in [2.75, 3.05) is 30.9 Å². The second-order valence-corrected chi connectivity index (χ2v) is 4.91. The smallest absolute Gasteiger partial charge is 0.222 e. The Morgan fingerprint density at radius 1 is 1.18 bits per heavy atom. The van der Waals surface area contributed by atoms with Crippen LogP contribution in [0, 0.1) is 0 Å². The average molecular weight is 304 g/mol. The van der Waals surface area contributed by atoms with Crippen LogP contribution < -0.4 is 26.3 Å². The molecule has 0 aliphatic carbocycles. The number of ether oxygens (including phenoxy) is 2. The van der Waals surface area contributed by atoms with Crippen LogP contribution in [0.1, 0.15) is 25.3 Å². The predicted molar refractivity (Wildman–Crippen MR) is 85.4 cm³/mol. The molecule has 2 aromatic rings. The van der Waals surface area contributed by atoms with Crippen molar-refractivity contribution in [3.05, 3.63) is 17.8 Å². The zero-order valence-corrected chi connectivity index (χ0v) is 13.0. The molecule has 8 nitrogen and oxygen atoms in total. The number of aromatic nitrogens is 3. The monoisotopic (exact) mass is 304 g/mol. The normalized spacial score (nSPS) is 10.6. The van der Waals surface area contributed by atoms with Crippen LogP contribution in [0.3, 0.4) is 0 Å². The van der Waals surface area contributed by atoms with Crippen molar-refractivity contribution in [2.24, 2.45) is 0 Å². The van der Waals surface area contributed by atoms with E-state index in [9.17, 15) is 0 Å². The van der Waals surface area contributed by atoms with Crippen LogP contribution in [-0.2, 0) is 0 Å². The molecule has 0 saturated carbocycles. The number of nitrogens with two attached hydrogens (primary N) is 2. The molecule has 8 heteroatoms. The zero-order chi connectivity index (χ0) is 16.3. The van der Waals surface area contributed by atoms with Gasteiger partial charge in [-0.1, -0.05) is 13.8 Å². The topological polar surface area (TPSA) is 121 Å². The maximum Gasteiger partial charge on any atom is 0.222 e. The lowest BCUT2D eigenvalue weighted by molar-refractivity contribution is 0.382. The van der Waals surface area contributed by atoms with Crippen molar-refractivity contribution in [2.45, 2.75) is 19.8 Å². The van der Waals surface area contributed by atoms with Crippen molar-refractivity contribution >= 4 is 17.6 Å². The van der Waals surface area contributed by atoms with E-state index < -0.39 is 0 Å². The molecule has 0 unspecified atom stereocenters. The van der Waals surface area contributed by atoms with E-state index in [1.165, 1.54) is 6.20 Å². The van der Waals surface area contributed by atoms with E-state index in [1.807, 2.05) is 13.8 Å². The number of rotatable bonds is 5. The third kappa shape index (κ3) is 3.11. The summed E-state index contributed by atoms with van der Waals surface area (Å²) in [4.78, 5) is 12.2. The number of nitrogens with zero attached hydrogens (tertiary/aromatic N) is 3. The van der Waals surface area contributed by atoms with Gasteiger partial charge in [0.1, 0.15) is 11.6 Å². The lowest BCUT2D eigenvalue weighted by Crippen LogP contribution is -2.06. The summed E-state index contributed by atoms with van der Waals surface area (Å²) in [6, 6.07) is 1.77. The molecule has 0 fully saturated rings. The molecule has 118 valence electrons. The summed E-state index contributed by atoms with van der Waals surface area (Å²) in [7, 11) is 3.33. The largest absolute Gasteiger partial charge is 0.481 e. The van der Waals surface area contributed by atoms with E-state index >= 15 is 0 Å². The maximum atomic E-state index is 5.88. The van der Waals surface area contributed by atoms with Gasteiger partial charge in [0.2, 0.25) is 11.8 Å². The summed E-state index contributed by atoms with van der Waals surface area (Å²) in [6.07, 6.45) is 1.44. The van der Waals surface area contributed by atoms with Crippen molar-refractivity contribution in [1.82, 2.24) is 15.0 Å². The van der Waals surface area contributed by atoms with Crippen LogP contribution >= 0.6 is 0 Å². The molecule has 0 aromatic carbocycles. The Labute approximate surface area is 128 Å². The van der Waals surface area contributed by atoms with Crippen molar-refractivity contribution < 1.29 is 9.47 Å². The molecule has 2 aromatic heterocycles. The molecule has 2 rings (SSSR count). The summed E-state index contributed by atoms with van der Waals surface area (Å²) in [5.74, 6) is 2.41. The SMILES string of the molecule is CNc1cc(Oc2cnc(N)nc2N)c(C(C)C)c(OC)n1. The Balaban J connectivity index is 2.52. The van der Waals surface area contributed by atoms with Crippen molar-refractivity contribution in [1.29, 1.82) is 0 Å². The number of nitrogen functional groups attached to an aromatic ring is 2. The third-order valence-electron chi connectivity index (χ3n) is 3.03. The Hall–Kier alpha value is -2.77. The second kappa shape index (κ2) is 6.33. The lowest BCUT2D eigenvalue weighted by atomic mass is 10.0. The minimum Gasteiger partial charge on any atom is -0.481 e. The van der Waals surface area contributed by atoms with Gasteiger partial charge in [-0.2, -0.15) is 9.97 Å². The summed E-state index contributed by atoms with van der Waals surface area (Å²) >= 11 is 0. The lowest BCUT2D eigenvalue weighted by Gasteiger charge is -2.18. The Morgan fingerprint density at radius 2 is 1.91 bits per heavy atom. The van der Waals surface area contributed by atoms with Gasteiger partial charge in [0.25, 0.3) is 0 Å². The minimum atomic E-state index is 0.0946. The van der Waals surface area contributed by atoms with E-state index in [2.05, 4.69) is 20.3 Å². The summed E-state index contributed by atoms with van der Waals surface area (Å²) in [6.45, 7) is 4.04. The fourth-order valence-electron chi connectivity index (χ4n) is 2.00. The molecule has 0 spiro atoms. The van der Waals surface area contributed by atoms with Gasteiger partial charge >= 0.3 is 0 Å². The molecule has 0 bridgehead atoms. The fraction of sp³-hybridized carbons (Fsp3) is 0.357. The minimum absolute atomic E-state index is 0.0946. The van der Waals surface area contributed by atoms with Crippen LogP contribution in [0.2, 0.25) is 0 Å². The Bertz CT molecular complexity index is 675. The molecular formula is C14H20N6O2. The van der Waals surface area contributed by atoms with Gasteiger partial charge in [-0.25, -0.2) is 4.98 Å². The number of hydrogen-bond acceptors (Lipinski definition) is 8. The molecule has 0 amide bonds. The molecule has 0 atom stereocenters. The maximum absolute atomic E-state index is 5.88. The first-order chi connectivity index (χ1) is 10.5. The highest BCUT2D eigenvalue weighted by Gasteiger charge is 2.19. The standard InChI is InChI=1S/C14H20N6O2/c1-7(2)11-8(5-10(17-3)19-13(11)21-4)22-9-6-18-14(16)20-12(9)15/h5-7H,1-4H3,(H,17,19)(H4,15,16,18,20). The molecule has 0 aliphatic heterocycles. The molecule has 2 heterocycles. The van der Waals surface area contributed by atoms with Crippen LogP contribution in [0.5, 0.6) is 17.4 Å². The van der Waals surface area contributed by atoms with E-state index in [0.717, 1.165) is 5.56 Å². The molecular weight excluding hydrogens is 284 g/mol. The third-order valence-corrected chi connectivity index (χ3v) is 3.03. The van der Waals surface area contributed by atoms with Crippen LogP contribution in [0.25, 0.3) is 0 Å². The first-order valence-electron chi connectivity index (χ1n) is 6.78. The number of hydrogen-bond donors (Lipinski definition) is 3. The first kappa shape index (κ1) is 15.6. The van der Waals surface area contributed by atoms with E-state index in [4.69, 9.17) is 20.9 Å². The van der Waals surface area contributed by atoms with Gasteiger partial charge in [0.15, 0.2) is 11.6 Å². The second-order valence-electron chi connectivity index (χ2n) is 4.91. The van der Waals surface area contributed by atoms with Gasteiger partial charge in [-0.05, 0) is 5.92 Å². The molecule has 0 aliphatic rings. The summed E-state index contributed by atoms with van der Waals surface area (Å²) < 4.78 is 11.2. The van der Waals surface area contributed by atoms with Gasteiger partial charge < -0.3 is 26.3 Å². The van der Waals surface area contributed by atoms with Gasteiger partial charge in [-0.3, -0.25) is 0 Å². The first-order valence-corrected chi connectivity index (χ1v) is 6.78. The van der Waals surface area contributed by atoms with E-state index in [1.54, 1.807) is 20.2 Å². The Kier molecular flexibility index (Phi) is 4.50. The van der Waals surface area contributed by atoms with Crippen molar-refractivity contribution in [3.8, 4) is 17.4 Å². The zero-order valence-electron chi connectivity index (χ0n) is 13.0. The predicted octanol–water partition coefficient (Wildman–Crippen LogP) is 2.00. The Morgan fingerprint density at radius 3 is 2.45 bits per heavy atom. The highest BCUT2D eigenvalue weighted by atomic mass is 16.5. The van der Waals surface area contributed by atoms with Crippen LogP contribution in [0.15, 0.2) is 12.3 Å². The molecule has 22 heavy (non-hydrogen) atoms. The molecule has 5 N–H and O–H groups in total. The fourth-order valence-corrected chi connectivity index (χ4v) is 2.00. The summed E-state index contributed by atoms with van der Waals surface area (Å²) in [5.41, 5.74) is 12.1. The van der Waals surface area contributed by atoms with Crippen molar-refractivity contribution in [3.63, 3.8) is 0 Å². The highest BCUT2D eigenvalue weighted by Crippen LogP contribution is 2.38. The van der Waals surface area contributed by atoms with Gasteiger partial charge in [-0.15, -0.1) is 0 Å². The van der Waals surface area contributed by atoms with E-state index in [0.29, 0.717) is 23.2 Å². The van der Waals surface area contributed by atoms with Crippen LogP contribution in [-0.4, -0.2) is 29.1 Å². The summed E-state index contributed by atoms with van der Waals surface area (Å²) in [5, 5.41) is 2.96. The molecule has 0 radical (unpaired) electrons. The molecule has 0 saturated heterocycles. The van der Waals surface area contributed by atoms with Gasteiger partial charge in [0, 0.05) is 13.1 Å². The average Bonchev–Trinajstić information content (AvgIpc) is 2.48. The van der Waals surface area contributed by atoms with Crippen LogP contribution in [0.4, 0.5) is 17.6 Å². The quantitative estimate of drug-likeness (QED) is 0.766. The number of nitrogens with one attached hydrogen (secondary N) is 1. The van der Waals surface area contributed by atoms with Gasteiger partial charge in [0.05, 0.1) is 18.9 Å². The number of methoxy groups -OCH3 is 1. The van der Waals surface area contributed by atoms with E-state index in [-0.39, 0.29) is 17.7 Å².